The van der Waals surface area contributed by atoms with Crippen LogP contribution < -0.4 is 5.73 Å². The van der Waals surface area contributed by atoms with Crippen LogP contribution in [0, 0.1) is 0 Å². The van der Waals surface area contributed by atoms with Gasteiger partial charge >= 0.3 is 6.18 Å². The van der Waals surface area contributed by atoms with Crippen molar-refractivity contribution in [2.45, 2.75) is 19.1 Å². The standard InChI is InChI=1S/C7H10F3N3/c1-4(11)5-3-6(7(8,9)10)12-13(5)2/h3-4H,11H2,1-2H3/t4-/m0/s1. The van der Waals surface area contributed by atoms with E-state index in [-0.39, 0.29) is 0 Å². The van der Waals surface area contributed by atoms with E-state index in [1.165, 1.54) is 7.05 Å². The van der Waals surface area contributed by atoms with E-state index in [1.807, 2.05) is 0 Å². The fourth-order valence-corrected chi connectivity index (χ4v) is 1.05. The molecule has 1 aromatic rings. The molecule has 0 aromatic carbocycles. The molecule has 0 aliphatic carbocycles. The van der Waals surface area contributed by atoms with Crippen molar-refractivity contribution < 1.29 is 13.2 Å². The normalized spacial score (nSPS) is 14.6. The highest BCUT2D eigenvalue weighted by atomic mass is 19.4. The molecule has 0 saturated carbocycles. The largest absolute Gasteiger partial charge is 0.435 e. The summed E-state index contributed by atoms with van der Waals surface area (Å²) in [7, 11) is 1.44. The molecule has 0 saturated heterocycles. The van der Waals surface area contributed by atoms with Gasteiger partial charge in [0.2, 0.25) is 0 Å². The molecule has 0 aliphatic heterocycles. The van der Waals surface area contributed by atoms with E-state index in [2.05, 4.69) is 5.10 Å². The lowest BCUT2D eigenvalue weighted by Gasteiger charge is -2.03. The van der Waals surface area contributed by atoms with Gasteiger partial charge in [-0.3, -0.25) is 4.68 Å². The first-order chi connectivity index (χ1) is 5.82. The van der Waals surface area contributed by atoms with Crippen LogP contribution in [-0.2, 0) is 13.2 Å². The van der Waals surface area contributed by atoms with E-state index in [1.54, 1.807) is 6.92 Å². The molecule has 1 atom stereocenters. The lowest BCUT2D eigenvalue weighted by Crippen LogP contribution is -2.10. The number of aromatic nitrogens is 2. The molecule has 0 bridgehead atoms. The first-order valence-corrected chi connectivity index (χ1v) is 3.69. The van der Waals surface area contributed by atoms with Crippen molar-refractivity contribution in [3.63, 3.8) is 0 Å². The summed E-state index contributed by atoms with van der Waals surface area (Å²) >= 11 is 0. The Hall–Kier alpha value is -1.04. The average Bonchev–Trinajstić information content (AvgIpc) is 2.29. The van der Waals surface area contributed by atoms with Gasteiger partial charge in [-0.25, -0.2) is 0 Å². The van der Waals surface area contributed by atoms with Crippen LogP contribution in [0.25, 0.3) is 0 Å². The highest BCUT2D eigenvalue weighted by molar-refractivity contribution is 5.15. The molecule has 0 aliphatic rings. The van der Waals surface area contributed by atoms with Gasteiger partial charge in [0.1, 0.15) is 0 Å². The highest BCUT2D eigenvalue weighted by Crippen LogP contribution is 2.29. The zero-order valence-electron chi connectivity index (χ0n) is 7.26. The quantitative estimate of drug-likeness (QED) is 0.733. The second-order valence-electron chi connectivity index (χ2n) is 2.86. The molecule has 0 radical (unpaired) electrons. The molecule has 1 aromatic heterocycles. The zero-order valence-corrected chi connectivity index (χ0v) is 7.26. The van der Waals surface area contributed by atoms with Crippen molar-refractivity contribution in [2.24, 2.45) is 12.8 Å². The van der Waals surface area contributed by atoms with E-state index < -0.39 is 17.9 Å². The second-order valence-corrected chi connectivity index (χ2v) is 2.86. The number of halogens is 3. The van der Waals surface area contributed by atoms with Gasteiger partial charge in [-0.05, 0) is 13.0 Å². The first-order valence-electron chi connectivity index (χ1n) is 3.69. The molecule has 74 valence electrons. The Morgan fingerprint density at radius 1 is 1.54 bits per heavy atom. The third-order valence-corrected chi connectivity index (χ3v) is 1.67. The van der Waals surface area contributed by atoms with E-state index in [9.17, 15) is 13.2 Å². The van der Waals surface area contributed by atoms with Crippen molar-refractivity contribution in [3.8, 4) is 0 Å². The van der Waals surface area contributed by atoms with Crippen LogP contribution in [-0.4, -0.2) is 9.78 Å². The molecule has 0 unspecified atom stereocenters. The minimum Gasteiger partial charge on any atom is -0.323 e. The van der Waals surface area contributed by atoms with Crippen molar-refractivity contribution in [2.75, 3.05) is 0 Å². The Kier molecular flexibility index (Phi) is 2.34. The van der Waals surface area contributed by atoms with Crippen LogP contribution in [0.1, 0.15) is 24.4 Å². The van der Waals surface area contributed by atoms with Crippen molar-refractivity contribution in [1.82, 2.24) is 9.78 Å². The molecule has 1 rings (SSSR count). The molecular formula is C7H10F3N3. The molecule has 13 heavy (non-hydrogen) atoms. The van der Waals surface area contributed by atoms with Crippen LogP contribution in [0.15, 0.2) is 6.07 Å². The molecule has 2 N–H and O–H groups in total. The second kappa shape index (κ2) is 3.02. The van der Waals surface area contributed by atoms with E-state index in [0.717, 1.165) is 10.7 Å². The Morgan fingerprint density at radius 3 is 2.31 bits per heavy atom. The van der Waals surface area contributed by atoms with Crippen molar-refractivity contribution in [1.29, 1.82) is 0 Å². The minimum atomic E-state index is -4.40. The Balaban J connectivity index is 3.10. The number of rotatable bonds is 1. The summed E-state index contributed by atoms with van der Waals surface area (Å²) in [5.74, 6) is 0. The maximum Gasteiger partial charge on any atom is 0.435 e. The zero-order chi connectivity index (χ0) is 10.2. The fourth-order valence-electron chi connectivity index (χ4n) is 1.05. The molecular weight excluding hydrogens is 183 g/mol. The predicted molar refractivity (Wildman–Crippen MR) is 40.8 cm³/mol. The fraction of sp³-hybridized carbons (Fsp3) is 0.571. The lowest BCUT2D eigenvalue weighted by molar-refractivity contribution is -0.141. The van der Waals surface area contributed by atoms with Crippen LogP contribution >= 0.6 is 0 Å². The number of alkyl halides is 3. The Bertz CT molecular complexity index is 300. The van der Waals surface area contributed by atoms with Crippen LogP contribution in [0.2, 0.25) is 0 Å². The van der Waals surface area contributed by atoms with Gasteiger partial charge in [0.15, 0.2) is 5.69 Å². The molecule has 0 amide bonds. The summed E-state index contributed by atoms with van der Waals surface area (Å²) in [5, 5.41) is 3.31. The molecule has 0 fully saturated rings. The predicted octanol–water partition coefficient (Wildman–Crippen LogP) is 1.46. The summed E-state index contributed by atoms with van der Waals surface area (Å²) in [6.45, 7) is 1.61. The average molecular weight is 193 g/mol. The van der Waals surface area contributed by atoms with Gasteiger partial charge < -0.3 is 5.73 Å². The molecule has 1 heterocycles. The maximum atomic E-state index is 12.1. The van der Waals surface area contributed by atoms with Gasteiger partial charge in [-0.1, -0.05) is 0 Å². The van der Waals surface area contributed by atoms with Gasteiger partial charge in [0, 0.05) is 13.1 Å². The van der Waals surface area contributed by atoms with E-state index in [0.29, 0.717) is 5.69 Å². The van der Waals surface area contributed by atoms with Gasteiger partial charge in [-0.2, -0.15) is 18.3 Å². The Morgan fingerprint density at radius 2 is 2.08 bits per heavy atom. The molecule has 0 spiro atoms. The third kappa shape index (κ3) is 2.00. The highest BCUT2D eigenvalue weighted by Gasteiger charge is 2.34. The number of hydrogen-bond acceptors (Lipinski definition) is 2. The topological polar surface area (TPSA) is 43.8 Å². The van der Waals surface area contributed by atoms with Crippen LogP contribution in [0.4, 0.5) is 13.2 Å². The Labute approximate surface area is 73.3 Å². The van der Waals surface area contributed by atoms with E-state index in [4.69, 9.17) is 5.73 Å². The number of nitrogens with two attached hydrogens (primary N) is 1. The smallest absolute Gasteiger partial charge is 0.323 e. The number of aryl methyl sites for hydroxylation is 1. The maximum absolute atomic E-state index is 12.1. The summed E-state index contributed by atoms with van der Waals surface area (Å²) < 4.78 is 37.5. The van der Waals surface area contributed by atoms with E-state index >= 15 is 0 Å². The summed E-state index contributed by atoms with van der Waals surface area (Å²) in [6, 6.07) is 0.513. The lowest BCUT2D eigenvalue weighted by atomic mass is 10.2. The number of nitrogens with zero attached hydrogens (tertiary/aromatic N) is 2. The third-order valence-electron chi connectivity index (χ3n) is 1.67. The summed E-state index contributed by atoms with van der Waals surface area (Å²) in [5.41, 5.74) is 4.91. The SMILES string of the molecule is C[C@H](N)c1cc(C(F)(F)F)nn1C. The minimum absolute atomic E-state index is 0.368. The van der Waals surface area contributed by atoms with Crippen LogP contribution in [0.5, 0.6) is 0 Å². The summed E-state index contributed by atoms with van der Waals surface area (Å²) in [4.78, 5) is 0. The van der Waals surface area contributed by atoms with Crippen molar-refractivity contribution in [3.05, 3.63) is 17.5 Å². The van der Waals surface area contributed by atoms with Crippen molar-refractivity contribution >= 4 is 0 Å². The van der Waals surface area contributed by atoms with Gasteiger partial charge in [0.25, 0.3) is 0 Å². The summed E-state index contributed by atoms with van der Waals surface area (Å²) in [6.07, 6.45) is -4.40. The number of hydrogen-bond donors (Lipinski definition) is 1. The van der Waals surface area contributed by atoms with Gasteiger partial charge in [0.05, 0.1) is 5.69 Å². The van der Waals surface area contributed by atoms with Gasteiger partial charge in [-0.15, -0.1) is 0 Å². The monoisotopic (exact) mass is 193 g/mol. The molecule has 6 heteroatoms. The first kappa shape index (κ1) is 10.0. The molecule has 3 nitrogen and oxygen atoms in total. The van der Waals surface area contributed by atoms with Crippen LogP contribution in [0.3, 0.4) is 0 Å².